The molecule has 9 nitrogen and oxygen atoms in total. The Labute approximate surface area is 253 Å². The molecular weight excluding hydrogens is 612 g/mol. The van der Waals surface area contributed by atoms with Gasteiger partial charge in [0, 0.05) is 28.7 Å². The summed E-state index contributed by atoms with van der Waals surface area (Å²) in [6.07, 6.45) is 3.19. The van der Waals surface area contributed by atoms with Crippen LogP contribution in [0.25, 0.3) is 0 Å². The minimum absolute atomic E-state index is 0.0577. The van der Waals surface area contributed by atoms with E-state index in [0.717, 1.165) is 17.8 Å². The molecule has 2 amide bonds. The van der Waals surface area contributed by atoms with E-state index < -0.39 is 24.0 Å². The molecule has 0 aliphatic rings. The Morgan fingerprint density at radius 3 is 2.49 bits per heavy atom. The minimum atomic E-state index is -0.986. The van der Waals surface area contributed by atoms with Crippen molar-refractivity contribution in [3.05, 3.63) is 93.5 Å². The lowest BCUT2D eigenvalue weighted by atomic mass is 10.0. The van der Waals surface area contributed by atoms with Crippen LogP contribution in [0, 0.1) is 0 Å². The molecule has 3 N–H and O–H groups in total. The van der Waals surface area contributed by atoms with Crippen molar-refractivity contribution in [2.75, 3.05) is 25.6 Å². The van der Waals surface area contributed by atoms with Crippen molar-refractivity contribution in [3.63, 3.8) is 0 Å². The van der Waals surface area contributed by atoms with E-state index in [1.165, 1.54) is 7.11 Å². The molecule has 1 aromatic heterocycles. The summed E-state index contributed by atoms with van der Waals surface area (Å²) in [5.74, 6) is -0.501. The van der Waals surface area contributed by atoms with Crippen LogP contribution in [0.1, 0.15) is 42.9 Å². The Balaban J connectivity index is 1.63. The van der Waals surface area contributed by atoms with Crippen LogP contribution in [0.3, 0.4) is 0 Å². The van der Waals surface area contributed by atoms with E-state index in [1.54, 1.807) is 24.4 Å². The average Bonchev–Trinajstić information content (AvgIpc) is 2.96. The van der Waals surface area contributed by atoms with Crippen LogP contribution in [0.2, 0.25) is 5.02 Å². The van der Waals surface area contributed by atoms with Crippen molar-refractivity contribution in [2.24, 2.45) is 0 Å². The molecule has 0 spiro atoms. The van der Waals surface area contributed by atoms with Crippen molar-refractivity contribution in [3.8, 4) is 0 Å². The van der Waals surface area contributed by atoms with Crippen molar-refractivity contribution in [1.82, 2.24) is 15.6 Å². The SMILES string of the molecule is COC(=O)CC(NC(=O)C(COCc1ccccc1)NC(=O)CCCCNc1ccccn1)c1cc(Cl)cc(Br)c1. The number of esters is 1. The second-order valence-corrected chi connectivity index (χ2v) is 10.6. The molecule has 0 fully saturated rings. The number of pyridine rings is 1. The Hall–Kier alpha value is -3.47. The molecule has 0 aliphatic heterocycles. The van der Waals surface area contributed by atoms with Crippen LogP contribution in [-0.4, -0.2) is 49.1 Å². The number of hydrogen-bond donors (Lipinski definition) is 3. The number of carbonyl (C=O) groups is 3. The van der Waals surface area contributed by atoms with Gasteiger partial charge < -0.3 is 25.4 Å². The average molecular weight is 646 g/mol. The van der Waals surface area contributed by atoms with Gasteiger partial charge in [-0.15, -0.1) is 0 Å². The quantitative estimate of drug-likeness (QED) is 0.145. The number of unbranched alkanes of at least 4 members (excludes halogenated alkanes) is 1. The summed E-state index contributed by atoms with van der Waals surface area (Å²) >= 11 is 9.62. The molecule has 3 aromatic rings. The number of nitrogens with one attached hydrogen (secondary N) is 3. The van der Waals surface area contributed by atoms with Crippen molar-refractivity contribution < 1.29 is 23.9 Å². The van der Waals surface area contributed by atoms with Crippen LogP contribution in [0.4, 0.5) is 5.82 Å². The zero-order chi connectivity index (χ0) is 29.5. The first-order valence-electron chi connectivity index (χ1n) is 13.2. The minimum Gasteiger partial charge on any atom is -0.469 e. The third-order valence-electron chi connectivity index (χ3n) is 6.05. The number of halogens is 2. The third-order valence-corrected chi connectivity index (χ3v) is 6.73. The second kappa shape index (κ2) is 17.4. The summed E-state index contributed by atoms with van der Waals surface area (Å²) in [7, 11) is 1.28. The summed E-state index contributed by atoms with van der Waals surface area (Å²) in [6.45, 7) is 0.878. The number of amides is 2. The van der Waals surface area contributed by atoms with E-state index in [9.17, 15) is 14.4 Å². The number of rotatable bonds is 16. The van der Waals surface area contributed by atoms with Crippen molar-refractivity contribution in [2.45, 2.75) is 44.4 Å². The van der Waals surface area contributed by atoms with Crippen LogP contribution >= 0.6 is 27.5 Å². The van der Waals surface area contributed by atoms with Crippen LogP contribution < -0.4 is 16.0 Å². The Bertz CT molecular complexity index is 1250. The molecule has 0 bridgehead atoms. The van der Waals surface area contributed by atoms with E-state index >= 15 is 0 Å². The Morgan fingerprint density at radius 1 is 1.00 bits per heavy atom. The molecule has 2 atom stereocenters. The first-order chi connectivity index (χ1) is 19.8. The maximum absolute atomic E-state index is 13.5. The van der Waals surface area contributed by atoms with Gasteiger partial charge in [0.25, 0.3) is 0 Å². The maximum Gasteiger partial charge on any atom is 0.307 e. The van der Waals surface area contributed by atoms with Crippen LogP contribution in [0.5, 0.6) is 0 Å². The molecule has 11 heteroatoms. The number of hydrogen-bond acceptors (Lipinski definition) is 7. The fraction of sp³-hybridized carbons (Fsp3) is 0.333. The number of nitrogens with zero attached hydrogens (tertiary/aromatic N) is 1. The van der Waals surface area contributed by atoms with Gasteiger partial charge in [-0.3, -0.25) is 14.4 Å². The molecule has 1 heterocycles. The van der Waals surface area contributed by atoms with E-state index in [4.69, 9.17) is 21.1 Å². The number of methoxy groups -OCH3 is 1. The predicted molar refractivity (Wildman–Crippen MR) is 161 cm³/mol. The van der Waals surface area contributed by atoms with Gasteiger partial charge >= 0.3 is 5.97 Å². The topological polar surface area (TPSA) is 119 Å². The summed E-state index contributed by atoms with van der Waals surface area (Å²) in [4.78, 5) is 42.6. The number of carbonyl (C=O) groups excluding carboxylic acids is 3. The van der Waals surface area contributed by atoms with Gasteiger partial charge in [0.1, 0.15) is 11.9 Å². The van der Waals surface area contributed by atoms with E-state index in [-0.39, 0.29) is 32.0 Å². The highest BCUT2D eigenvalue weighted by Crippen LogP contribution is 2.26. The van der Waals surface area contributed by atoms with Gasteiger partial charge in [-0.1, -0.05) is 63.9 Å². The highest BCUT2D eigenvalue weighted by atomic mass is 79.9. The molecule has 3 rings (SSSR count). The van der Waals surface area contributed by atoms with Gasteiger partial charge in [0.2, 0.25) is 11.8 Å². The first kappa shape index (κ1) is 32.0. The molecule has 2 aromatic carbocycles. The lowest BCUT2D eigenvalue weighted by molar-refractivity contribution is -0.141. The zero-order valence-corrected chi connectivity index (χ0v) is 25.1. The molecule has 0 saturated heterocycles. The fourth-order valence-electron chi connectivity index (χ4n) is 3.96. The van der Waals surface area contributed by atoms with E-state index in [2.05, 4.69) is 36.9 Å². The first-order valence-corrected chi connectivity index (χ1v) is 14.4. The normalized spacial score (nSPS) is 12.2. The van der Waals surface area contributed by atoms with Gasteiger partial charge in [0.05, 0.1) is 32.8 Å². The highest BCUT2D eigenvalue weighted by Gasteiger charge is 2.26. The van der Waals surface area contributed by atoms with E-state index in [1.807, 2.05) is 48.5 Å². The largest absolute Gasteiger partial charge is 0.469 e. The lowest BCUT2D eigenvalue weighted by Gasteiger charge is -2.24. The molecular formula is C30H34BrClN4O5. The van der Waals surface area contributed by atoms with Crippen molar-refractivity contribution in [1.29, 1.82) is 0 Å². The molecule has 0 aliphatic carbocycles. The number of anilines is 1. The van der Waals surface area contributed by atoms with Gasteiger partial charge in [-0.2, -0.15) is 0 Å². The van der Waals surface area contributed by atoms with Gasteiger partial charge in [-0.05, 0) is 54.3 Å². The number of benzene rings is 2. The summed E-state index contributed by atoms with van der Waals surface area (Å²) < 4.78 is 11.3. The summed E-state index contributed by atoms with van der Waals surface area (Å²) in [6, 6.07) is 18.5. The standard InChI is InChI=1S/C30H34BrClN4O5/c1-40-29(38)18-25(22-15-23(31)17-24(32)16-22)36-30(39)26(20-41-19-21-9-3-2-4-10-21)35-28(37)12-6-8-14-34-27-11-5-7-13-33-27/h2-5,7,9-11,13,15-17,25-26H,6,8,12,14,18-20H2,1H3,(H,33,34)(H,35,37)(H,36,39). The number of aromatic nitrogens is 1. The van der Waals surface area contributed by atoms with Crippen LogP contribution in [0.15, 0.2) is 77.4 Å². The molecule has 2 unspecified atom stereocenters. The van der Waals surface area contributed by atoms with Gasteiger partial charge in [0.15, 0.2) is 0 Å². The Kier molecular flexibility index (Phi) is 13.6. The number of ether oxygens (including phenoxy) is 2. The third kappa shape index (κ3) is 11.9. The smallest absolute Gasteiger partial charge is 0.307 e. The second-order valence-electron chi connectivity index (χ2n) is 9.26. The molecule has 41 heavy (non-hydrogen) atoms. The lowest BCUT2D eigenvalue weighted by Crippen LogP contribution is -2.50. The van der Waals surface area contributed by atoms with E-state index in [0.29, 0.717) is 28.0 Å². The maximum atomic E-state index is 13.5. The highest BCUT2D eigenvalue weighted by molar-refractivity contribution is 9.10. The zero-order valence-electron chi connectivity index (χ0n) is 22.8. The van der Waals surface area contributed by atoms with Gasteiger partial charge in [-0.25, -0.2) is 4.98 Å². The molecule has 0 radical (unpaired) electrons. The predicted octanol–water partition coefficient (Wildman–Crippen LogP) is 5.20. The molecule has 218 valence electrons. The fourth-order valence-corrected chi connectivity index (χ4v) is 4.85. The van der Waals surface area contributed by atoms with Crippen LogP contribution in [-0.2, 0) is 30.5 Å². The monoisotopic (exact) mass is 644 g/mol. The molecule has 0 saturated carbocycles. The summed E-state index contributed by atoms with van der Waals surface area (Å²) in [5, 5.41) is 9.31. The Morgan fingerprint density at radius 2 is 1.78 bits per heavy atom. The van der Waals surface area contributed by atoms with Crippen molar-refractivity contribution >= 4 is 51.1 Å². The summed E-state index contributed by atoms with van der Waals surface area (Å²) in [5.41, 5.74) is 1.55.